The van der Waals surface area contributed by atoms with Crippen LogP contribution in [0.2, 0.25) is 0 Å². The molecule has 0 saturated heterocycles. The molecule has 1 unspecified atom stereocenters. The van der Waals surface area contributed by atoms with E-state index in [9.17, 15) is 8.42 Å². The van der Waals surface area contributed by atoms with Crippen molar-refractivity contribution in [2.45, 2.75) is 57.6 Å². The lowest BCUT2D eigenvalue weighted by Crippen LogP contribution is -2.32. The minimum atomic E-state index is -3.41. The topological polar surface area (TPSA) is 63.1 Å². The van der Waals surface area contributed by atoms with Crippen molar-refractivity contribution in [3.63, 3.8) is 0 Å². The maximum atomic E-state index is 12.3. The van der Waals surface area contributed by atoms with Crippen molar-refractivity contribution in [2.24, 2.45) is 0 Å². The van der Waals surface area contributed by atoms with E-state index < -0.39 is 10.0 Å². The lowest BCUT2D eigenvalue weighted by molar-refractivity contribution is 0.543. The molecule has 1 heterocycles. The minimum absolute atomic E-state index is 0.0345. The van der Waals surface area contributed by atoms with Crippen molar-refractivity contribution < 1.29 is 8.42 Å². The van der Waals surface area contributed by atoms with Crippen LogP contribution < -0.4 is 10.0 Å². The third-order valence-electron chi connectivity index (χ3n) is 3.05. The summed E-state index contributed by atoms with van der Waals surface area (Å²) in [5, 5.41) is 3.05. The lowest BCUT2D eigenvalue weighted by Gasteiger charge is -2.12. The molecule has 5 nitrogen and oxygen atoms in total. The Morgan fingerprint density at radius 3 is 2.58 bits per heavy atom. The number of nitrogens with one attached hydrogen (secondary N) is 2. The van der Waals surface area contributed by atoms with Crippen molar-refractivity contribution in [2.75, 3.05) is 7.05 Å². The van der Waals surface area contributed by atoms with E-state index in [0.29, 0.717) is 11.4 Å². The molecule has 0 spiro atoms. The Bertz CT molecular complexity index is 494. The zero-order valence-electron chi connectivity index (χ0n) is 12.2. The second-order valence-corrected chi connectivity index (χ2v) is 6.51. The van der Waals surface area contributed by atoms with Crippen LogP contribution in [0.5, 0.6) is 0 Å². The molecule has 1 rings (SSSR count). The van der Waals surface area contributed by atoms with Crippen molar-refractivity contribution in [1.82, 2.24) is 14.6 Å². The molecular formula is C13H25N3O2S. The third-order valence-corrected chi connectivity index (χ3v) is 4.60. The smallest absolute Gasteiger partial charge is 0.242 e. The minimum Gasteiger partial charge on any atom is -0.349 e. The first-order valence-corrected chi connectivity index (χ1v) is 8.28. The number of nitrogens with zero attached hydrogens (tertiary/aromatic N) is 1. The number of aryl methyl sites for hydroxylation is 1. The average Bonchev–Trinajstić information content (AvgIpc) is 2.73. The highest BCUT2D eigenvalue weighted by molar-refractivity contribution is 7.89. The molecule has 0 aliphatic carbocycles. The summed E-state index contributed by atoms with van der Waals surface area (Å²) >= 11 is 0. The molecular weight excluding hydrogens is 262 g/mol. The molecule has 1 atom stereocenters. The predicted octanol–water partition coefficient (Wildman–Crippen LogP) is 1.69. The van der Waals surface area contributed by atoms with Crippen LogP contribution >= 0.6 is 0 Å². The molecule has 0 aliphatic rings. The van der Waals surface area contributed by atoms with Crippen molar-refractivity contribution in [3.05, 3.63) is 18.0 Å². The highest BCUT2D eigenvalue weighted by Crippen LogP contribution is 2.15. The highest BCUT2D eigenvalue weighted by atomic mass is 32.2. The molecule has 0 radical (unpaired) electrons. The molecule has 110 valence electrons. The quantitative estimate of drug-likeness (QED) is 0.765. The largest absolute Gasteiger partial charge is 0.349 e. The molecule has 0 saturated carbocycles. The van der Waals surface area contributed by atoms with Crippen molar-refractivity contribution in [1.29, 1.82) is 0 Å². The molecule has 2 N–H and O–H groups in total. The van der Waals surface area contributed by atoms with Gasteiger partial charge in [-0.3, -0.25) is 0 Å². The van der Waals surface area contributed by atoms with E-state index in [-0.39, 0.29) is 6.04 Å². The van der Waals surface area contributed by atoms with E-state index in [2.05, 4.69) is 10.0 Å². The first-order valence-electron chi connectivity index (χ1n) is 6.80. The van der Waals surface area contributed by atoms with Crippen LogP contribution in [0.3, 0.4) is 0 Å². The van der Waals surface area contributed by atoms with Gasteiger partial charge in [-0.1, -0.05) is 13.3 Å². The monoisotopic (exact) mass is 287 g/mol. The summed E-state index contributed by atoms with van der Waals surface area (Å²) in [4.78, 5) is 0.350. The van der Waals surface area contributed by atoms with Gasteiger partial charge in [-0.15, -0.1) is 0 Å². The predicted molar refractivity (Wildman–Crippen MR) is 77.6 cm³/mol. The van der Waals surface area contributed by atoms with E-state index in [1.165, 1.54) is 0 Å². The summed E-state index contributed by atoms with van der Waals surface area (Å²) in [6.07, 6.45) is 3.51. The summed E-state index contributed by atoms with van der Waals surface area (Å²) in [6.45, 7) is 7.36. The molecule has 6 heteroatoms. The molecule has 0 aromatic carbocycles. The van der Waals surface area contributed by atoms with Gasteiger partial charge in [0.2, 0.25) is 10.0 Å². The number of hydrogen-bond donors (Lipinski definition) is 2. The van der Waals surface area contributed by atoms with Crippen LogP contribution in [0.4, 0.5) is 0 Å². The summed E-state index contributed by atoms with van der Waals surface area (Å²) in [6, 6.07) is 1.70. The first-order chi connectivity index (χ1) is 8.94. The van der Waals surface area contributed by atoms with Crippen molar-refractivity contribution >= 4 is 10.0 Å². The van der Waals surface area contributed by atoms with E-state index >= 15 is 0 Å². The SMILES string of the molecule is CCCC(C)NS(=O)(=O)c1cc(CNC)n(CC)c1. The fourth-order valence-corrected chi connectivity index (χ4v) is 3.46. The summed E-state index contributed by atoms with van der Waals surface area (Å²) in [5.74, 6) is 0. The highest BCUT2D eigenvalue weighted by Gasteiger charge is 2.19. The lowest BCUT2D eigenvalue weighted by atomic mass is 10.2. The Balaban J connectivity index is 2.95. The van der Waals surface area contributed by atoms with Gasteiger partial charge in [-0.05, 0) is 33.4 Å². The normalized spacial score (nSPS) is 13.7. The maximum absolute atomic E-state index is 12.3. The molecule has 1 aromatic heterocycles. The van der Waals surface area contributed by atoms with Gasteiger partial charge in [0.1, 0.15) is 0 Å². The van der Waals surface area contributed by atoms with Crippen LogP contribution in [-0.2, 0) is 23.1 Å². The van der Waals surface area contributed by atoms with Gasteiger partial charge in [0.25, 0.3) is 0 Å². The average molecular weight is 287 g/mol. The zero-order chi connectivity index (χ0) is 14.5. The maximum Gasteiger partial charge on any atom is 0.242 e. The summed E-state index contributed by atoms with van der Waals surface area (Å²) in [7, 11) is -1.56. The standard InChI is InChI=1S/C13H25N3O2S/c1-5-7-11(3)15-19(17,18)13-8-12(9-14-4)16(6-2)10-13/h8,10-11,14-15H,5-7,9H2,1-4H3. The summed E-state index contributed by atoms with van der Waals surface area (Å²) < 4.78 is 29.2. The Kier molecular flexibility index (Phi) is 6.03. The van der Waals surface area contributed by atoms with Gasteiger partial charge in [0.15, 0.2) is 0 Å². The van der Waals surface area contributed by atoms with Crippen LogP contribution in [0, 0.1) is 0 Å². The van der Waals surface area contributed by atoms with Crippen LogP contribution in [0.1, 0.15) is 39.3 Å². The van der Waals surface area contributed by atoms with Crippen LogP contribution in [-0.4, -0.2) is 26.1 Å². The second-order valence-electron chi connectivity index (χ2n) is 4.79. The number of hydrogen-bond acceptors (Lipinski definition) is 3. The van der Waals surface area contributed by atoms with Gasteiger partial charge in [-0.25, -0.2) is 13.1 Å². The van der Waals surface area contributed by atoms with Gasteiger partial charge in [0, 0.05) is 31.0 Å². The van der Waals surface area contributed by atoms with Crippen LogP contribution in [0.25, 0.3) is 0 Å². The number of sulfonamides is 1. The van der Waals surface area contributed by atoms with E-state index in [0.717, 1.165) is 25.1 Å². The fraction of sp³-hybridized carbons (Fsp3) is 0.692. The summed E-state index contributed by atoms with van der Waals surface area (Å²) in [5.41, 5.74) is 0.980. The Hall–Kier alpha value is -0.850. The van der Waals surface area contributed by atoms with Gasteiger partial charge in [0.05, 0.1) is 4.90 Å². The van der Waals surface area contributed by atoms with E-state index in [1.807, 2.05) is 32.4 Å². The van der Waals surface area contributed by atoms with E-state index in [4.69, 9.17) is 0 Å². The zero-order valence-corrected chi connectivity index (χ0v) is 13.0. The van der Waals surface area contributed by atoms with Gasteiger partial charge >= 0.3 is 0 Å². The van der Waals surface area contributed by atoms with Gasteiger partial charge < -0.3 is 9.88 Å². The molecule has 0 aliphatic heterocycles. The molecule has 1 aromatic rings. The van der Waals surface area contributed by atoms with E-state index in [1.54, 1.807) is 12.3 Å². The number of aromatic nitrogens is 1. The van der Waals surface area contributed by atoms with Gasteiger partial charge in [-0.2, -0.15) is 0 Å². The third kappa shape index (κ3) is 4.33. The number of rotatable bonds is 8. The Morgan fingerprint density at radius 2 is 2.05 bits per heavy atom. The second kappa shape index (κ2) is 7.07. The van der Waals surface area contributed by atoms with Crippen molar-refractivity contribution in [3.8, 4) is 0 Å². The Labute approximate surface area is 116 Å². The van der Waals surface area contributed by atoms with Crippen LogP contribution in [0.15, 0.2) is 17.2 Å². The molecule has 19 heavy (non-hydrogen) atoms. The molecule has 0 fully saturated rings. The fourth-order valence-electron chi connectivity index (χ4n) is 2.12. The molecule has 0 bridgehead atoms. The molecule has 0 amide bonds. The first kappa shape index (κ1) is 16.2. The Morgan fingerprint density at radius 1 is 1.37 bits per heavy atom.